The van der Waals surface area contributed by atoms with Crippen LogP contribution < -0.4 is 14.8 Å². The molecule has 0 unspecified atom stereocenters. The number of rotatable bonds is 5. The predicted octanol–water partition coefficient (Wildman–Crippen LogP) is 3.97. The van der Waals surface area contributed by atoms with Gasteiger partial charge in [-0.05, 0) is 30.3 Å². The van der Waals surface area contributed by atoms with Crippen molar-refractivity contribution >= 4 is 23.4 Å². The summed E-state index contributed by atoms with van der Waals surface area (Å²) in [4.78, 5) is 13.0. The van der Waals surface area contributed by atoms with Gasteiger partial charge in [-0.2, -0.15) is 0 Å². The van der Waals surface area contributed by atoms with Gasteiger partial charge in [-0.1, -0.05) is 18.2 Å². The number of thioether (sulfide) groups is 1. The minimum absolute atomic E-state index is 0.0260. The molecule has 0 radical (unpaired) electrons. The number of anilines is 1. The Hall–Kier alpha value is -2.14. The number of ether oxygens (including phenoxy) is 2. The van der Waals surface area contributed by atoms with Crippen LogP contribution in [0.2, 0.25) is 0 Å². The highest BCUT2D eigenvalue weighted by Gasteiger charge is 2.11. The van der Waals surface area contributed by atoms with E-state index in [2.05, 4.69) is 5.32 Å². The SMILES string of the molecule is O=C(CCSc1ccc2c(c1)OCCCO2)Nc1ccccc1. The fraction of sp³-hybridized carbons (Fsp3) is 0.278. The van der Waals surface area contributed by atoms with Gasteiger partial charge >= 0.3 is 0 Å². The van der Waals surface area contributed by atoms with Crippen LogP contribution in [0.1, 0.15) is 12.8 Å². The molecule has 0 saturated heterocycles. The van der Waals surface area contributed by atoms with Crippen LogP contribution in [0.4, 0.5) is 5.69 Å². The van der Waals surface area contributed by atoms with Crippen molar-refractivity contribution in [1.29, 1.82) is 0 Å². The van der Waals surface area contributed by atoms with E-state index in [-0.39, 0.29) is 5.91 Å². The molecular weight excluding hydrogens is 310 g/mol. The van der Waals surface area contributed by atoms with Gasteiger partial charge in [0.2, 0.25) is 5.91 Å². The van der Waals surface area contributed by atoms with Crippen molar-refractivity contribution < 1.29 is 14.3 Å². The van der Waals surface area contributed by atoms with Crippen LogP contribution in [0.15, 0.2) is 53.4 Å². The van der Waals surface area contributed by atoms with E-state index < -0.39 is 0 Å². The Morgan fingerprint density at radius 1 is 1.04 bits per heavy atom. The predicted molar refractivity (Wildman–Crippen MR) is 92.5 cm³/mol. The molecule has 1 aliphatic heterocycles. The summed E-state index contributed by atoms with van der Waals surface area (Å²) in [5.74, 6) is 2.34. The molecule has 2 aromatic rings. The first-order chi connectivity index (χ1) is 11.3. The lowest BCUT2D eigenvalue weighted by Gasteiger charge is -2.09. The van der Waals surface area contributed by atoms with Crippen LogP contribution in [0.5, 0.6) is 11.5 Å². The highest BCUT2D eigenvalue weighted by molar-refractivity contribution is 7.99. The van der Waals surface area contributed by atoms with Gasteiger partial charge in [0, 0.05) is 29.2 Å². The Morgan fingerprint density at radius 2 is 1.83 bits per heavy atom. The van der Waals surface area contributed by atoms with E-state index in [1.807, 2.05) is 48.5 Å². The lowest BCUT2D eigenvalue weighted by Crippen LogP contribution is -2.11. The average Bonchev–Trinajstić information content (AvgIpc) is 2.80. The molecule has 4 nitrogen and oxygen atoms in total. The number of carbonyl (C=O) groups excluding carboxylic acids is 1. The van der Waals surface area contributed by atoms with Crippen molar-refractivity contribution in [3.05, 3.63) is 48.5 Å². The fourth-order valence-corrected chi connectivity index (χ4v) is 3.12. The zero-order chi connectivity index (χ0) is 15.9. The molecular formula is C18H19NO3S. The Kier molecular flexibility index (Phi) is 5.42. The molecule has 0 aliphatic carbocycles. The van der Waals surface area contributed by atoms with E-state index in [0.29, 0.717) is 19.6 Å². The van der Waals surface area contributed by atoms with Gasteiger partial charge in [0.25, 0.3) is 0 Å². The van der Waals surface area contributed by atoms with Crippen molar-refractivity contribution in [2.24, 2.45) is 0 Å². The van der Waals surface area contributed by atoms with E-state index in [4.69, 9.17) is 9.47 Å². The summed E-state index contributed by atoms with van der Waals surface area (Å²) in [6.45, 7) is 1.37. The van der Waals surface area contributed by atoms with Crippen LogP contribution in [0, 0.1) is 0 Å². The second-order valence-corrected chi connectivity index (χ2v) is 6.34. The molecule has 1 aliphatic rings. The van der Waals surface area contributed by atoms with Crippen LogP contribution >= 0.6 is 11.8 Å². The Morgan fingerprint density at radius 3 is 2.65 bits per heavy atom. The zero-order valence-electron chi connectivity index (χ0n) is 12.8. The summed E-state index contributed by atoms with van der Waals surface area (Å²) >= 11 is 1.64. The maximum absolute atomic E-state index is 11.9. The number of benzene rings is 2. The molecule has 23 heavy (non-hydrogen) atoms. The summed E-state index contributed by atoms with van der Waals surface area (Å²) in [7, 11) is 0. The van der Waals surface area contributed by atoms with Crippen molar-refractivity contribution in [3.8, 4) is 11.5 Å². The van der Waals surface area contributed by atoms with Gasteiger partial charge in [-0.3, -0.25) is 4.79 Å². The van der Waals surface area contributed by atoms with Crippen LogP contribution in [-0.4, -0.2) is 24.9 Å². The molecule has 1 heterocycles. The third-order valence-electron chi connectivity index (χ3n) is 3.37. The molecule has 2 aromatic carbocycles. The molecule has 3 rings (SSSR count). The van der Waals surface area contributed by atoms with E-state index in [0.717, 1.165) is 34.3 Å². The van der Waals surface area contributed by atoms with Gasteiger partial charge in [0.15, 0.2) is 11.5 Å². The van der Waals surface area contributed by atoms with E-state index >= 15 is 0 Å². The molecule has 0 bridgehead atoms. The highest BCUT2D eigenvalue weighted by Crippen LogP contribution is 2.34. The molecule has 0 saturated carbocycles. The van der Waals surface area contributed by atoms with E-state index in [9.17, 15) is 4.79 Å². The van der Waals surface area contributed by atoms with Crippen molar-refractivity contribution in [2.45, 2.75) is 17.7 Å². The molecule has 0 atom stereocenters. The number of hydrogen-bond acceptors (Lipinski definition) is 4. The Bertz CT molecular complexity index is 661. The van der Waals surface area contributed by atoms with Crippen LogP contribution in [-0.2, 0) is 4.79 Å². The quantitative estimate of drug-likeness (QED) is 0.843. The maximum atomic E-state index is 11.9. The van der Waals surface area contributed by atoms with Crippen LogP contribution in [0.25, 0.3) is 0 Å². The third-order valence-corrected chi connectivity index (χ3v) is 4.37. The first kappa shape index (κ1) is 15.7. The monoisotopic (exact) mass is 329 g/mol. The molecule has 1 N–H and O–H groups in total. The zero-order valence-corrected chi connectivity index (χ0v) is 13.6. The standard InChI is InChI=1S/C18H19NO3S/c20-18(19-14-5-2-1-3-6-14)9-12-23-15-7-8-16-17(13-15)22-11-4-10-21-16/h1-3,5-8,13H,4,9-12H2,(H,19,20). The van der Waals surface area contributed by atoms with Gasteiger partial charge in [-0.15, -0.1) is 11.8 Å². The Balaban J connectivity index is 1.49. The number of hydrogen-bond donors (Lipinski definition) is 1. The first-order valence-electron chi connectivity index (χ1n) is 7.68. The van der Waals surface area contributed by atoms with Crippen LogP contribution in [0.3, 0.4) is 0 Å². The van der Waals surface area contributed by atoms with Crippen molar-refractivity contribution in [1.82, 2.24) is 0 Å². The second-order valence-electron chi connectivity index (χ2n) is 5.17. The van der Waals surface area contributed by atoms with E-state index in [1.54, 1.807) is 11.8 Å². The topological polar surface area (TPSA) is 47.6 Å². The Labute approximate surface area is 140 Å². The highest BCUT2D eigenvalue weighted by atomic mass is 32.2. The summed E-state index contributed by atoms with van der Waals surface area (Å²) in [5, 5.41) is 2.89. The minimum Gasteiger partial charge on any atom is -0.490 e. The average molecular weight is 329 g/mol. The summed E-state index contributed by atoms with van der Waals surface area (Å²) < 4.78 is 11.3. The number of amides is 1. The minimum atomic E-state index is 0.0260. The first-order valence-corrected chi connectivity index (χ1v) is 8.67. The maximum Gasteiger partial charge on any atom is 0.225 e. The summed E-state index contributed by atoms with van der Waals surface area (Å²) in [6.07, 6.45) is 1.37. The molecule has 1 amide bonds. The van der Waals surface area contributed by atoms with Gasteiger partial charge in [0.1, 0.15) is 0 Å². The van der Waals surface area contributed by atoms with Crippen molar-refractivity contribution in [3.63, 3.8) is 0 Å². The molecule has 0 aromatic heterocycles. The van der Waals surface area contributed by atoms with Gasteiger partial charge < -0.3 is 14.8 Å². The summed E-state index contributed by atoms with van der Waals surface area (Å²) in [5.41, 5.74) is 0.832. The molecule has 0 fully saturated rings. The largest absolute Gasteiger partial charge is 0.490 e. The fourth-order valence-electron chi connectivity index (χ4n) is 2.24. The van der Waals surface area contributed by atoms with Gasteiger partial charge in [0.05, 0.1) is 13.2 Å². The molecule has 0 spiro atoms. The smallest absolute Gasteiger partial charge is 0.225 e. The third kappa shape index (κ3) is 4.66. The van der Waals surface area contributed by atoms with Gasteiger partial charge in [-0.25, -0.2) is 0 Å². The number of para-hydroxylation sites is 1. The number of carbonyl (C=O) groups is 1. The normalized spacial score (nSPS) is 13.2. The summed E-state index contributed by atoms with van der Waals surface area (Å²) in [6, 6.07) is 15.4. The molecule has 120 valence electrons. The van der Waals surface area contributed by atoms with Crippen molar-refractivity contribution in [2.75, 3.05) is 24.3 Å². The lowest BCUT2D eigenvalue weighted by molar-refractivity contribution is -0.115. The number of nitrogens with one attached hydrogen (secondary N) is 1. The number of fused-ring (bicyclic) bond motifs is 1. The molecule has 5 heteroatoms. The lowest BCUT2D eigenvalue weighted by atomic mass is 10.3. The second kappa shape index (κ2) is 7.92. The van der Waals surface area contributed by atoms with E-state index in [1.165, 1.54) is 0 Å².